The first kappa shape index (κ1) is 17.8. The first-order chi connectivity index (χ1) is 11.1. The minimum atomic E-state index is -0.323. The van der Waals surface area contributed by atoms with E-state index in [1.54, 1.807) is 4.90 Å². The van der Waals surface area contributed by atoms with Crippen molar-refractivity contribution in [2.75, 3.05) is 27.2 Å². The highest BCUT2D eigenvalue weighted by Crippen LogP contribution is 2.26. The summed E-state index contributed by atoms with van der Waals surface area (Å²) >= 11 is 0. The van der Waals surface area contributed by atoms with Crippen LogP contribution in [0.25, 0.3) is 0 Å². The molecule has 1 saturated carbocycles. The summed E-state index contributed by atoms with van der Waals surface area (Å²) in [5.41, 5.74) is 0.973. The number of aliphatic hydroxyl groups is 1. The van der Waals surface area contributed by atoms with Gasteiger partial charge in [0.25, 0.3) is 0 Å². The van der Waals surface area contributed by atoms with Crippen LogP contribution in [0.3, 0.4) is 0 Å². The molecular weight excluding hydrogens is 292 g/mol. The number of hydrogen-bond donors (Lipinski definition) is 1. The molecule has 2 rings (SSSR count). The topological polar surface area (TPSA) is 53.0 Å². The minimum Gasteiger partial charge on any atom is -0.445 e. The molecule has 1 amide bonds. The van der Waals surface area contributed by atoms with E-state index in [9.17, 15) is 9.90 Å². The quantitative estimate of drug-likeness (QED) is 0.875. The number of ether oxygens (including phenoxy) is 1. The van der Waals surface area contributed by atoms with Gasteiger partial charge in [0.05, 0.1) is 6.61 Å². The largest absolute Gasteiger partial charge is 0.445 e. The van der Waals surface area contributed by atoms with E-state index in [0.29, 0.717) is 12.6 Å². The molecule has 0 aliphatic heterocycles. The Morgan fingerprint density at radius 2 is 1.74 bits per heavy atom. The van der Waals surface area contributed by atoms with Crippen molar-refractivity contribution in [1.29, 1.82) is 0 Å². The molecule has 0 aromatic heterocycles. The molecule has 5 nitrogen and oxygen atoms in total. The molecule has 1 aliphatic rings. The van der Waals surface area contributed by atoms with Crippen molar-refractivity contribution >= 4 is 6.09 Å². The van der Waals surface area contributed by atoms with Crippen molar-refractivity contribution in [3.63, 3.8) is 0 Å². The Balaban J connectivity index is 1.88. The molecular formula is C18H28N2O3. The molecule has 0 atom stereocenters. The van der Waals surface area contributed by atoms with Gasteiger partial charge in [-0.3, -0.25) is 0 Å². The Morgan fingerprint density at radius 1 is 1.13 bits per heavy atom. The Labute approximate surface area is 138 Å². The molecule has 0 bridgehead atoms. The van der Waals surface area contributed by atoms with Crippen LogP contribution in [-0.4, -0.2) is 60.3 Å². The molecule has 0 heterocycles. The second-order valence-corrected chi connectivity index (χ2v) is 6.38. The van der Waals surface area contributed by atoms with Crippen molar-refractivity contribution in [1.82, 2.24) is 9.80 Å². The predicted octanol–water partition coefficient (Wildman–Crippen LogP) is 2.49. The van der Waals surface area contributed by atoms with Gasteiger partial charge in [0.2, 0.25) is 0 Å². The van der Waals surface area contributed by atoms with Gasteiger partial charge in [-0.2, -0.15) is 0 Å². The third kappa shape index (κ3) is 5.22. The van der Waals surface area contributed by atoms with Gasteiger partial charge in [-0.25, -0.2) is 4.79 Å². The number of benzene rings is 1. The average molecular weight is 320 g/mol. The van der Waals surface area contributed by atoms with Crippen LogP contribution < -0.4 is 0 Å². The third-order valence-corrected chi connectivity index (χ3v) is 4.62. The monoisotopic (exact) mass is 320 g/mol. The minimum absolute atomic E-state index is 0.0337. The van der Waals surface area contributed by atoms with Crippen molar-refractivity contribution in [2.45, 2.75) is 44.4 Å². The number of amides is 1. The first-order valence-corrected chi connectivity index (χ1v) is 8.36. The lowest BCUT2D eigenvalue weighted by molar-refractivity contribution is 0.0556. The van der Waals surface area contributed by atoms with Crippen molar-refractivity contribution < 1.29 is 14.6 Å². The van der Waals surface area contributed by atoms with Crippen LogP contribution in [0.5, 0.6) is 0 Å². The maximum atomic E-state index is 12.4. The van der Waals surface area contributed by atoms with Crippen LogP contribution in [0.15, 0.2) is 30.3 Å². The van der Waals surface area contributed by atoms with E-state index in [0.717, 1.165) is 31.2 Å². The lowest BCUT2D eigenvalue weighted by atomic mass is 9.89. The van der Waals surface area contributed by atoms with Crippen LogP contribution in [0.4, 0.5) is 4.79 Å². The maximum Gasteiger partial charge on any atom is 0.410 e. The normalized spacial score (nSPS) is 21.2. The van der Waals surface area contributed by atoms with Crippen LogP contribution >= 0.6 is 0 Å². The van der Waals surface area contributed by atoms with Gasteiger partial charge in [-0.1, -0.05) is 30.3 Å². The average Bonchev–Trinajstić information content (AvgIpc) is 2.58. The smallest absolute Gasteiger partial charge is 0.410 e. The van der Waals surface area contributed by atoms with E-state index in [4.69, 9.17) is 4.74 Å². The van der Waals surface area contributed by atoms with E-state index in [1.807, 2.05) is 30.3 Å². The Kier molecular flexibility index (Phi) is 6.86. The van der Waals surface area contributed by atoms with Gasteiger partial charge < -0.3 is 19.6 Å². The van der Waals surface area contributed by atoms with Crippen molar-refractivity contribution in [2.24, 2.45) is 0 Å². The van der Waals surface area contributed by atoms with Crippen molar-refractivity contribution in [3.05, 3.63) is 35.9 Å². The fraction of sp³-hybridized carbons (Fsp3) is 0.611. The van der Waals surface area contributed by atoms with Gasteiger partial charge in [-0.15, -0.1) is 0 Å². The van der Waals surface area contributed by atoms with Crippen LogP contribution in [0, 0.1) is 0 Å². The van der Waals surface area contributed by atoms with Gasteiger partial charge in [-0.05, 0) is 45.3 Å². The van der Waals surface area contributed by atoms with Crippen LogP contribution in [-0.2, 0) is 11.3 Å². The van der Waals surface area contributed by atoms with Gasteiger partial charge in [0.15, 0.2) is 0 Å². The molecule has 23 heavy (non-hydrogen) atoms. The maximum absolute atomic E-state index is 12.4. The lowest BCUT2D eigenvalue weighted by Gasteiger charge is -2.38. The highest BCUT2D eigenvalue weighted by Gasteiger charge is 2.30. The van der Waals surface area contributed by atoms with E-state index in [1.165, 1.54) is 0 Å². The zero-order valence-electron chi connectivity index (χ0n) is 14.1. The number of carbonyl (C=O) groups excluding carboxylic acids is 1. The van der Waals surface area contributed by atoms with E-state index in [2.05, 4.69) is 19.0 Å². The van der Waals surface area contributed by atoms with E-state index in [-0.39, 0.29) is 25.3 Å². The highest BCUT2D eigenvalue weighted by atomic mass is 16.6. The second kappa shape index (κ2) is 8.89. The number of aliphatic hydroxyl groups excluding tert-OH is 1. The summed E-state index contributed by atoms with van der Waals surface area (Å²) in [7, 11) is 4.20. The fourth-order valence-corrected chi connectivity index (χ4v) is 3.22. The molecule has 1 aliphatic carbocycles. The molecule has 0 saturated heterocycles. The standard InChI is InChI=1S/C18H28N2O3/c1-19(2)16-8-10-17(11-9-16)20(12-13-21)18(22)23-14-15-6-4-3-5-7-15/h3-7,16-17,21H,8-14H2,1-2H3/t16-,17-. The number of rotatable bonds is 6. The summed E-state index contributed by atoms with van der Waals surface area (Å²) < 4.78 is 5.44. The summed E-state index contributed by atoms with van der Waals surface area (Å²) in [6.07, 6.45) is 3.75. The second-order valence-electron chi connectivity index (χ2n) is 6.38. The summed E-state index contributed by atoms with van der Waals surface area (Å²) in [6.45, 7) is 0.577. The first-order valence-electron chi connectivity index (χ1n) is 8.36. The number of nitrogens with zero attached hydrogens (tertiary/aromatic N) is 2. The van der Waals surface area contributed by atoms with Gasteiger partial charge in [0, 0.05) is 18.6 Å². The van der Waals surface area contributed by atoms with Crippen LogP contribution in [0.2, 0.25) is 0 Å². The SMILES string of the molecule is CN(C)[C@H]1CC[C@H](N(CCO)C(=O)OCc2ccccc2)CC1. The molecule has 1 fully saturated rings. The number of carbonyl (C=O) groups is 1. The molecule has 0 radical (unpaired) electrons. The van der Waals surface area contributed by atoms with Crippen molar-refractivity contribution in [3.8, 4) is 0 Å². The summed E-state index contributed by atoms with van der Waals surface area (Å²) in [4.78, 5) is 16.4. The fourth-order valence-electron chi connectivity index (χ4n) is 3.22. The molecule has 1 aromatic rings. The molecule has 0 spiro atoms. The number of hydrogen-bond acceptors (Lipinski definition) is 4. The van der Waals surface area contributed by atoms with Crippen LogP contribution in [0.1, 0.15) is 31.2 Å². The molecule has 1 aromatic carbocycles. The Hall–Kier alpha value is -1.59. The summed E-state index contributed by atoms with van der Waals surface area (Å²) in [6, 6.07) is 10.4. The zero-order chi connectivity index (χ0) is 16.7. The molecule has 128 valence electrons. The summed E-state index contributed by atoms with van der Waals surface area (Å²) in [5.74, 6) is 0. The zero-order valence-corrected chi connectivity index (χ0v) is 14.1. The third-order valence-electron chi connectivity index (χ3n) is 4.62. The molecule has 1 N–H and O–H groups in total. The highest BCUT2D eigenvalue weighted by molar-refractivity contribution is 5.68. The predicted molar refractivity (Wildman–Crippen MR) is 90.1 cm³/mol. The molecule has 5 heteroatoms. The van der Waals surface area contributed by atoms with E-state index < -0.39 is 0 Å². The Morgan fingerprint density at radius 3 is 2.30 bits per heavy atom. The summed E-state index contributed by atoms with van der Waals surface area (Å²) in [5, 5.41) is 9.28. The van der Waals surface area contributed by atoms with Gasteiger partial charge >= 0.3 is 6.09 Å². The van der Waals surface area contributed by atoms with E-state index >= 15 is 0 Å². The lowest BCUT2D eigenvalue weighted by Crippen LogP contribution is -2.46. The van der Waals surface area contributed by atoms with Gasteiger partial charge in [0.1, 0.15) is 6.61 Å². The molecule has 0 unspecified atom stereocenters. The Bertz CT molecular complexity index is 470.